The van der Waals surface area contributed by atoms with E-state index in [4.69, 9.17) is 4.52 Å². The quantitative estimate of drug-likeness (QED) is 0.700. The first-order valence-electron chi connectivity index (χ1n) is 9.33. The van der Waals surface area contributed by atoms with Gasteiger partial charge in [0.25, 0.3) is 5.89 Å². The number of amides is 2. The van der Waals surface area contributed by atoms with Gasteiger partial charge in [0.15, 0.2) is 0 Å². The Balaban J connectivity index is 1.49. The van der Waals surface area contributed by atoms with Gasteiger partial charge in [-0.25, -0.2) is 9.40 Å². The summed E-state index contributed by atoms with van der Waals surface area (Å²) in [7, 11) is 0. The number of hydrogen-bond donors (Lipinski definition) is 1. The van der Waals surface area contributed by atoms with Crippen LogP contribution < -0.4 is 5.32 Å². The Morgan fingerprint density at radius 2 is 2.00 bits per heavy atom. The highest BCUT2D eigenvalue weighted by Gasteiger charge is 2.26. The number of rotatable bonds is 5. The van der Waals surface area contributed by atoms with Crippen LogP contribution in [0.2, 0.25) is 0 Å². The number of carbonyl (C=O) groups excluding carboxylic acids is 2. The molecule has 2 heterocycles. The molecule has 9 heteroatoms. The number of anilines is 1. The predicted molar refractivity (Wildman–Crippen MR) is 107 cm³/mol. The van der Waals surface area contributed by atoms with Gasteiger partial charge in [-0.1, -0.05) is 41.6 Å². The molecule has 3 aromatic rings. The fourth-order valence-corrected chi connectivity index (χ4v) is 2.98. The van der Waals surface area contributed by atoms with Crippen LogP contribution in [0.4, 0.5) is 10.1 Å². The van der Waals surface area contributed by atoms with Gasteiger partial charge in [-0.2, -0.15) is 10.1 Å². The number of aromatic nitrogens is 2. The molecule has 0 saturated carbocycles. The highest BCUT2D eigenvalue weighted by molar-refractivity contribution is 6.02. The van der Waals surface area contributed by atoms with E-state index in [1.165, 1.54) is 12.1 Å². The largest absolute Gasteiger partial charge is 0.332 e. The first kappa shape index (κ1) is 19.4. The minimum absolute atomic E-state index is 0.0538. The van der Waals surface area contributed by atoms with E-state index in [0.29, 0.717) is 18.0 Å². The third-order valence-corrected chi connectivity index (χ3v) is 4.50. The maximum Gasteiger partial charge on any atom is 0.274 e. The molecular formula is C21H18FN5O3. The van der Waals surface area contributed by atoms with E-state index < -0.39 is 11.7 Å². The maximum atomic E-state index is 13.9. The van der Waals surface area contributed by atoms with E-state index in [2.05, 4.69) is 20.6 Å². The van der Waals surface area contributed by atoms with Crippen LogP contribution in [0.15, 0.2) is 58.2 Å². The highest BCUT2D eigenvalue weighted by atomic mass is 19.1. The Morgan fingerprint density at radius 1 is 1.20 bits per heavy atom. The second-order valence-electron chi connectivity index (χ2n) is 6.82. The number of aryl methyl sites for hydroxylation is 1. The fraction of sp³-hybridized carbons (Fsp3) is 0.190. The second-order valence-corrected chi connectivity index (χ2v) is 6.82. The molecule has 1 aromatic heterocycles. The normalized spacial score (nSPS) is 13.9. The Bertz CT molecular complexity index is 1130. The van der Waals surface area contributed by atoms with Gasteiger partial charge >= 0.3 is 0 Å². The third kappa shape index (κ3) is 4.24. The lowest BCUT2D eigenvalue weighted by Gasteiger charge is -2.21. The second kappa shape index (κ2) is 8.24. The van der Waals surface area contributed by atoms with Crippen molar-refractivity contribution in [2.45, 2.75) is 19.8 Å². The number of hydrazone groups is 1. The number of nitrogens with one attached hydrogen (secondary N) is 1. The summed E-state index contributed by atoms with van der Waals surface area (Å²) in [6, 6.07) is 13.7. The van der Waals surface area contributed by atoms with Crippen molar-refractivity contribution < 1.29 is 18.5 Å². The van der Waals surface area contributed by atoms with Gasteiger partial charge in [0.2, 0.25) is 17.6 Å². The summed E-state index contributed by atoms with van der Waals surface area (Å²) >= 11 is 0. The van der Waals surface area contributed by atoms with Crippen LogP contribution in [0, 0.1) is 12.7 Å². The molecule has 1 aliphatic rings. The molecule has 1 aliphatic heterocycles. The molecule has 152 valence electrons. The topological polar surface area (TPSA) is 101 Å². The molecule has 0 saturated heterocycles. The summed E-state index contributed by atoms with van der Waals surface area (Å²) in [6.07, 6.45) is 0.466. The number of benzene rings is 2. The van der Waals surface area contributed by atoms with E-state index in [1.807, 2.05) is 30.3 Å². The Morgan fingerprint density at radius 3 is 2.80 bits per heavy atom. The summed E-state index contributed by atoms with van der Waals surface area (Å²) in [6.45, 7) is 1.43. The van der Waals surface area contributed by atoms with Gasteiger partial charge in [0.05, 0.1) is 5.69 Å². The number of nitrogens with zero attached hydrogens (tertiary/aromatic N) is 4. The minimum atomic E-state index is -0.562. The van der Waals surface area contributed by atoms with Gasteiger partial charge in [-0.15, -0.1) is 0 Å². The zero-order valence-corrected chi connectivity index (χ0v) is 16.1. The zero-order valence-electron chi connectivity index (χ0n) is 16.1. The van der Waals surface area contributed by atoms with Crippen molar-refractivity contribution in [2.24, 2.45) is 5.10 Å². The molecule has 2 aromatic carbocycles. The average Bonchev–Trinajstić information content (AvgIpc) is 3.23. The van der Waals surface area contributed by atoms with E-state index in [1.54, 1.807) is 13.0 Å². The summed E-state index contributed by atoms with van der Waals surface area (Å²) in [4.78, 5) is 28.9. The van der Waals surface area contributed by atoms with Gasteiger partial charge < -0.3 is 9.84 Å². The zero-order chi connectivity index (χ0) is 21.1. The molecule has 0 bridgehead atoms. The summed E-state index contributed by atoms with van der Waals surface area (Å²) in [5, 5.41) is 11.7. The standard InChI is InChI=1S/C21H18FN5O3/c1-13-7-8-15(22)17(11-13)23-18(28)12-27-19(29)10-9-16(25-27)21-24-20(26-30-21)14-5-3-2-4-6-14/h2-8,11H,9-10,12H2,1H3,(H,23,28). The van der Waals surface area contributed by atoms with Crippen LogP contribution >= 0.6 is 0 Å². The van der Waals surface area contributed by atoms with Gasteiger partial charge in [-0.05, 0) is 24.6 Å². The van der Waals surface area contributed by atoms with Crippen LogP contribution in [-0.4, -0.2) is 39.2 Å². The van der Waals surface area contributed by atoms with Crippen LogP contribution in [0.1, 0.15) is 24.3 Å². The number of carbonyl (C=O) groups is 2. The minimum Gasteiger partial charge on any atom is -0.332 e. The van der Waals surface area contributed by atoms with Crippen molar-refractivity contribution in [1.82, 2.24) is 15.1 Å². The molecule has 4 rings (SSSR count). The average molecular weight is 407 g/mol. The van der Waals surface area contributed by atoms with Crippen molar-refractivity contribution in [3.8, 4) is 11.4 Å². The van der Waals surface area contributed by atoms with Crippen molar-refractivity contribution in [1.29, 1.82) is 0 Å². The van der Waals surface area contributed by atoms with Crippen molar-refractivity contribution in [3.63, 3.8) is 0 Å². The molecule has 0 radical (unpaired) electrons. The number of halogens is 1. The molecule has 30 heavy (non-hydrogen) atoms. The van der Waals surface area contributed by atoms with Crippen LogP contribution in [0.3, 0.4) is 0 Å². The molecule has 0 atom stereocenters. The molecular weight excluding hydrogens is 389 g/mol. The number of hydrogen-bond acceptors (Lipinski definition) is 6. The van der Waals surface area contributed by atoms with Gasteiger partial charge in [0, 0.05) is 18.4 Å². The third-order valence-electron chi connectivity index (χ3n) is 4.50. The lowest BCUT2D eigenvalue weighted by Crippen LogP contribution is -2.38. The molecule has 0 aliphatic carbocycles. The lowest BCUT2D eigenvalue weighted by atomic mass is 10.1. The van der Waals surface area contributed by atoms with Crippen LogP contribution in [-0.2, 0) is 9.59 Å². The Hall–Kier alpha value is -3.88. The summed E-state index contributed by atoms with van der Waals surface area (Å²) < 4.78 is 19.2. The molecule has 8 nitrogen and oxygen atoms in total. The molecule has 0 fully saturated rings. The summed E-state index contributed by atoms with van der Waals surface area (Å²) in [5.41, 5.74) is 2.06. The Labute approximate surface area is 171 Å². The highest BCUT2D eigenvalue weighted by Crippen LogP contribution is 2.19. The van der Waals surface area contributed by atoms with Gasteiger partial charge in [0.1, 0.15) is 18.1 Å². The first-order chi connectivity index (χ1) is 14.5. The van der Waals surface area contributed by atoms with Crippen molar-refractivity contribution in [2.75, 3.05) is 11.9 Å². The predicted octanol–water partition coefficient (Wildman–Crippen LogP) is 3.15. The molecule has 2 amide bonds. The molecule has 0 spiro atoms. The van der Waals surface area contributed by atoms with Crippen molar-refractivity contribution >= 4 is 23.2 Å². The molecule has 0 unspecified atom stereocenters. The SMILES string of the molecule is Cc1ccc(F)c(NC(=O)CN2N=C(c3nc(-c4ccccc4)no3)CCC2=O)c1. The first-order valence-corrected chi connectivity index (χ1v) is 9.33. The maximum absolute atomic E-state index is 13.9. The van der Waals surface area contributed by atoms with Crippen LogP contribution in [0.25, 0.3) is 11.4 Å². The van der Waals surface area contributed by atoms with E-state index in [-0.39, 0.29) is 30.5 Å². The van der Waals surface area contributed by atoms with E-state index in [9.17, 15) is 14.0 Å². The molecule has 1 N–H and O–H groups in total. The summed E-state index contributed by atoms with van der Waals surface area (Å²) in [5.74, 6) is -0.835. The monoisotopic (exact) mass is 407 g/mol. The smallest absolute Gasteiger partial charge is 0.274 e. The Kier molecular flexibility index (Phi) is 5.34. The van der Waals surface area contributed by atoms with Crippen molar-refractivity contribution in [3.05, 3.63) is 65.8 Å². The van der Waals surface area contributed by atoms with E-state index >= 15 is 0 Å². The van der Waals surface area contributed by atoms with E-state index in [0.717, 1.165) is 16.1 Å². The van der Waals surface area contributed by atoms with Gasteiger partial charge in [-0.3, -0.25) is 9.59 Å². The van der Waals surface area contributed by atoms with Crippen LogP contribution in [0.5, 0.6) is 0 Å². The fourth-order valence-electron chi connectivity index (χ4n) is 2.98. The lowest BCUT2D eigenvalue weighted by molar-refractivity contribution is -0.135.